The number of aryl methyl sites for hydroxylation is 2. The lowest BCUT2D eigenvalue weighted by Crippen LogP contribution is -2.30. The first-order chi connectivity index (χ1) is 9.80. The van der Waals surface area contributed by atoms with E-state index >= 15 is 0 Å². The normalized spacial score (nSPS) is 16.3. The average Bonchev–Trinajstić information content (AvgIpc) is 2.80. The van der Waals surface area contributed by atoms with Gasteiger partial charge in [0.25, 0.3) is 15.9 Å². The number of carbonyl (C=O) groups excluding carboxylic acids is 1. The first kappa shape index (κ1) is 14.5. The predicted molar refractivity (Wildman–Crippen MR) is 84.2 cm³/mol. The minimum atomic E-state index is -3.78. The zero-order valence-corrected chi connectivity index (χ0v) is 14.3. The van der Waals surface area contributed by atoms with E-state index in [0.717, 1.165) is 13.6 Å². The fourth-order valence-corrected chi connectivity index (χ4v) is 4.38. The molecular weight excluding hydrogens is 405 g/mol. The summed E-state index contributed by atoms with van der Waals surface area (Å²) in [6.45, 7) is 1.81. The second kappa shape index (κ2) is 4.80. The van der Waals surface area contributed by atoms with Crippen molar-refractivity contribution in [2.24, 2.45) is 7.05 Å². The van der Waals surface area contributed by atoms with E-state index in [1.165, 1.54) is 6.07 Å². The lowest BCUT2D eigenvalue weighted by Gasteiger charge is -2.14. The van der Waals surface area contributed by atoms with Crippen molar-refractivity contribution in [1.29, 1.82) is 0 Å². The predicted octanol–water partition coefficient (Wildman–Crippen LogP) is 1.68. The number of benzene rings is 1. The Balaban J connectivity index is 2.06. The van der Waals surface area contributed by atoms with Gasteiger partial charge in [-0.05, 0) is 53.8 Å². The number of halogens is 1. The van der Waals surface area contributed by atoms with Crippen LogP contribution in [0.4, 0.5) is 0 Å². The van der Waals surface area contributed by atoms with Gasteiger partial charge < -0.3 is 0 Å². The molecule has 8 heteroatoms. The lowest BCUT2D eigenvalue weighted by atomic mass is 10.2. The summed E-state index contributed by atoms with van der Waals surface area (Å²) in [5.74, 6) is -0.484. The molecule has 110 valence electrons. The molecule has 1 amide bonds. The molecule has 1 aliphatic heterocycles. The average molecular weight is 417 g/mol. The number of hydrogen-bond donors (Lipinski definition) is 0. The van der Waals surface area contributed by atoms with E-state index in [1.54, 1.807) is 29.9 Å². The third-order valence-electron chi connectivity index (χ3n) is 3.37. The molecule has 1 aromatic heterocycles. The highest BCUT2D eigenvalue weighted by atomic mass is 127. The third-order valence-corrected chi connectivity index (χ3v) is 5.83. The summed E-state index contributed by atoms with van der Waals surface area (Å²) >= 11 is 2.05. The van der Waals surface area contributed by atoms with Crippen LogP contribution in [0, 0.1) is 10.5 Å². The van der Waals surface area contributed by atoms with E-state index in [2.05, 4.69) is 27.7 Å². The van der Waals surface area contributed by atoms with Gasteiger partial charge >= 0.3 is 0 Å². The summed E-state index contributed by atoms with van der Waals surface area (Å²) < 4.78 is 28.3. The molecule has 0 saturated carbocycles. The zero-order chi connectivity index (χ0) is 15.4. The van der Waals surface area contributed by atoms with Gasteiger partial charge in [-0.3, -0.25) is 9.48 Å². The highest BCUT2D eigenvalue weighted by molar-refractivity contribution is 14.1. The minimum Gasteiger partial charge on any atom is -0.271 e. The Bertz CT molecular complexity index is 858. The topological polar surface area (TPSA) is 72.3 Å². The SMILES string of the molecule is Cc1cc(CN2C(=O)c3cc(I)ccc3S2(=O)=O)n(C)n1. The number of sulfonamides is 1. The van der Waals surface area contributed by atoms with Crippen LogP contribution in [0.5, 0.6) is 0 Å². The monoisotopic (exact) mass is 417 g/mol. The number of rotatable bonds is 2. The van der Waals surface area contributed by atoms with Crippen molar-refractivity contribution >= 4 is 38.5 Å². The second-order valence-electron chi connectivity index (χ2n) is 4.86. The molecule has 3 rings (SSSR count). The van der Waals surface area contributed by atoms with E-state index < -0.39 is 15.9 Å². The maximum atomic E-state index is 12.5. The molecule has 2 aromatic rings. The Morgan fingerprint density at radius 3 is 2.62 bits per heavy atom. The molecule has 0 N–H and O–H groups in total. The van der Waals surface area contributed by atoms with Crippen LogP contribution in [-0.4, -0.2) is 28.4 Å². The summed E-state index contributed by atoms with van der Waals surface area (Å²) in [5, 5.41) is 4.17. The van der Waals surface area contributed by atoms with E-state index in [-0.39, 0.29) is 17.0 Å². The summed E-state index contributed by atoms with van der Waals surface area (Å²) in [7, 11) is -2.05. The Kier molecular flexibility index (Phi) is 3.32. The van der Waals surface area contributed by atoms with E-state index in [0.29, 0.717) is 5.69 Å². The Labute approximate surface area is 135 Å². The van der Waals surface area contributed by atoms with E-state index in [1.807, 2.05) is 6.92 Å². The van der Waals surface area contributed by atoms with Gasteiger partial charge in [-0.15, -0.1) is 0 Å². The minimum absolute atomic E-state index is 0.0102. The van der Waals surface area contributed by atoms with Gasteiger partial charge in [-0.2, -0.15) is 5.10 Å². The first-order valence-electron chi connectivity index (χ1n) is 6.17. The fraction of sp³-hybridized carbons (Fsp3) is 0.231. The van der Waals surface area contributed by atoms with Crippen LogP contribution in [0.25, 0.3) is 0 Å². The third kappa shape index (κ3) is 2.26. The molecule has 0 saturated heterocycles. The molecule has 6 nitrogen and oxygen atoms in total. The van der Waals surface area contributed by atoms with Crippen LogP contribution in [-0.2, 0) is 23.6 Å². The van der Waals surface area contributed by atoms with Crippen LogP contribution >= 0.6 is 22.6 Å². The largest absolute Gasteiger partial charge is 0.271 e. The molecular formula is C13H12IN3O3S. The Hall–Kier alpha value is -1.42. The van der Waals surface area contributed by atoms with Crippen LogP contribution in [0.1, 0.15) is 21.7 Å². The number of hydrogen-bond acceptors (Lipinski definition) is 4. The molecule has 1 aromatic carbocycles. The van der Waals surface area contributed by atoms with Gasteiger partial charge in [0.2, 0.25) is 0 Å². The van der Waals surface area contributed by atoms with Crippen molar-refractivity contribution < 1.29 is 13.2 Å². The molecule has 0 fully saturated rings. The molecule has 0 atom stereocenters. The number of fused-ring (bicyclic) bond motifs is 1. The quantitative estimate of drug-likeness (QED) is 0.698. The van der Waals surface area contributed by atoms with E-state index in [9.17, 15) is 13.2 Å². The van der Waals surface area contributed by atoms with Gasteiger partial charge in [0.15, 0.2) is 0 Å². The molecule has 1 aliphatic rings. The summed E-state index contributed by atoms with van der Waals surface area (Å²) in [6.07, 6.45) is 0. The lowest BCUT2D eigenvalue weighted by molar-refractivity contribution is 0.0863. The number of nitrogens with zero attached hydrogens (tertiary/aromatic N) is 3. The summed E-state index contributed by atoms with van der Waals surface area (Å²) in [6, 6.07) is 6.54. The number of carbonyl (C=O) groups is 1. The van der Waals surface area contributed by atoms with Gasteiger partial charge in [-0.25, -0.2) is 12.7 Å². The second-order valence-corrected chi connectivity index (χ2v) is 7.93. The van der Waals surface area contributed by atoms with Gasteiger partial charge in [0.05, 0.1) is 23.5 Å². The fourth-order valence-electron chi connectivity index (χ4n) is 2.37. The Morgan fingerprint density at radius 2 is 2.00 bits per heavy atom. The van der Waals surface area contributed by atoms with Crippen LogP contribution < -0.4 is 0 Å². The maximum Gasteiger partial charge on any atom is 0.269 e. The molecule has 21 heavy (non-hydrogen) atoms. The van der Waals surface area contributed by atoms with Crippen molar-refractivity contribution in [3.8, 4) is 0 Å². The number of amides is 1. The summed E-state index contributed by atoms with van der Waals surface area (Å²) in [5.41, 5.74) is 1.69. The van der Waals surface area contributed by atoms with Crippen molar-refractivity contribution in [3.05, 3.63) is 44.8 Å². The van der Waals surface area contributed by atoms with Gasteiger partial charge in [0.1, 0.15) is 4.90 Å². The molecule has 2 heterocycles. The maximum absolute atomic E-state index is 12.5. The van der Waals surface area contributed by atoms with Crippen molar-refractivity contribution in [3.63, 3.8) is 0 Å². The smallest absolute Gasteiger partial charge is 0.269 e. The number of aromatic nitrogens is 2. The van der Waals surface area contributed by atoms with E-state index in [4.69, 9.17) is 0 Å². The standard InChI is InChI=1S/C13H12IN3O3S/c1-8-5-10(16(2)15-8)7-17-13(18)11-6-9(14)3-4-12(11)21(17,19)20/h3-6H,7H2,1-2H3. The summed E-state index contributed by atoms with van der Waals surface area (Å²) in [4.78, 5) is 12.5. The Morgan fingerprint density at radius 1 is 1.29 bits per heavy atom. The van der Waals surface area contributed by atoms with Crippen LogP contribution in [0.15, 0.2) is 29.2 Å². The van der Waals surface area contributed by atoms with Gasteiger partial charge in [0, 0.05) is 10.6 Å². The van der Waals surface area contributed by atoms with Crippen molar-refractivity contribution in [2.75, 3.05) is 0 Å². The molecule has 0 unspecified atom stereocenters. The van der Waals surface area contributed by atoms with Gasteiger partial charge in [-0.1, -0.05) is 0 Å². The van der Waals surface area contributed by atoms with Crippen LogP contribution in [0.2, 0.25) is 0 Å². The first-order valence-corrected chi connectivity index (χ1v) is 8.69. The highest BCUT2D eigenvalue weighted by Crippen LogP contribution is 2.32. The molecule has 0 bridgehead atoms. The van der Waals surface area contributed by atoms with Crippen LogP contribution in [0.3, 0.4) is 0 Å². The van der Waals surface area contributed by atoms with Crippen molar-refractivity contribution in [1.82, 2.24) is 14.1 Å². The van der Waals surface area contributed by atoms with Crippen molar-refractivity contribution in [2.45, 2.75) is 18.4 Å². The molecule has 0 radical (unpaired) electrons. The highest BCUT2D eigenvalue weighted by Gasteiger charge is 2.41. The molecule has 0 aliphatic carbocycles. The molecule has 0 spiro atoms. The zero-order valence-electron chi connectivity index (χ0n) is 11.4.